The zero-order valence-electron chi connectivity index (χ0n) is 12.3. The second kappa shape index (κ2) is 6.87. The molecule has 2 amide bonds. The molecular weight excluding hydrogens is 319 g/mol. The summed E-state index contributed by atoms with van der Waals surface area (Å²) in [6, 6.07) is 2.75. The molecule has 23 heavy (non-hydrogen) atoms. The SMILES string of the molecule is COc1cc(NC(C)=O)c(OC)c(C#N)c1NC(=O)C(F)(F)F. The van der Waals surface area contributed by atoms with Crippen LogP contribution in [0.2, 0.25) is 0 Å². The molecule has 0 radical (unpaired) electrons. The van der Waals surface area contributed by atoms with Gasteiger partial charge in [-0.25, -0.2) is 0 Å². The number of nitrogens with zero attached hydrogens (tertiary/aromatic N) is 1. The zero-order chi connectivity index (χ0) is 17.8. The Hall–Kier alpha value is -2.96. The molecular formula is C13H12F3N3O4. The van der Waals surface area contributed by atoms with Crippen LogP contribution in [0.15, 0.2) is 6.07 Å². The van der Waals surface area contributed by atoms with Gasteiger partial charge >= 0.3 is 12.1 Å². The zero-order valence-corrected chi connectivity index (χ0v) is 12.3. The first-order valence-corrected chi connectivity index (χ1v) is 6.00. The molecule has 0 saturated heterocycles. The molecule has 1 aromatic carbocycles. The number of alkyl halides is 3. The van der Waals surface area contributed by atoms with E-state index in [-0.39, 0.29) is 17.2 Å². The van der Waals surface area contributed by atoms with Crippen LogP contribution in [0.4, 0.5) is 24.5 Å². The number of rotatable bonds is 4. The number of nitriles is 1. The van der Waals surface area contributed by atoms with Gasteiger partial charge in [0.15, 0.2) is 5.75 Å². The molecule has 0 bridgehead atoms. The first-order valence-electron chi connectivity index (χ1n) is 6.00. The number of nitrogens with one attached hydrogen (secondary N) is 2. The molecule has 124 valence electrons. The molecule has 0 fully saturated rings. The van der Waals surface area contributed by atoms with Crippen LogP contribution < -0.4 is 20.1 Å². The molecule has 0 saturated carbocycles. The predicted molar refractivity (Wildman–Crippen MR) is 73.2 cm³/mol. The third-order valence-corrected chi connectivity index (χ3v) is 2.59. The Morgan fingerprint density at radius 2 is 1.83 bits per heavy atom. The molecule has 1 rings (SSSR count). The van der Waals surface area contributed by atoms with Gasteiger partial charge in [-0.1, -0.05) is 0 Å². The minimum atomic E-state index is -5.15. The largest absolute Gasteiger partial charge is 0.494 e. The van der Waals surface area contributed by atoms with E-state index in [1.54, 1.807) is 11.4 Å². The molecule has 7 nitrogen and oxygen atoms in total. The highest BCUT2D eigenvalue weighted by Crippen LogP contribution is 2.41. The monoisotopic (exact) mass is 331 g/mol. The van der Waals surface area contributed by atoms with E-state index >= 15 is 0 Å². The van der Waals surface area contributed by atoms with Gasteiger partial charge in [0.25, 0.3) is 0 Å². The lowest BCUT2D eigenvalue weighted by Crippen LogP contribution is -2.30. The normalized spacial score (nSPS) is 10.5. The van der Waals surface area contributed by atoms with Crippen LogP contribution in [0.5, 0.6) is 11.5 Å². The molecule has 0 aromatic heterocycles. The topological polar surface area (TPSA) is 100 Å². The maximum atomic E-state index is 12.4. The van der Waals surface area contributed by atoms with Crippen molar-refractivity contribution in [3.63, 3.8) is 0 Å². The van der Waals surface area contributed by atoms with Gasteiger partial charge in [0.2, 0.25) is 5.91 Å². The Morgan fingerprint density at radius 3 is 2.22 bits per heavy atom. The van der Waals surface area contributed by atoms with Gasteiger partial charge in [-0.2, -0.15) is 18.4 Å². The van der Waals surface area contributed by atoms with Gasteiger partial charge in [0.05, 0.1) is 19.9 Å². The van der Waals surface area contributed by atoms with Crippen molar-refractivity contribution in [3.8, 4) is 17.6 Å². The van der Waals surface area contributed by atoms with Crippen molar-refractivity contribution >= 4 is 23.2 Å². The number of carbonyl (C=O) groups excluding carboxylic acids is 2. The molecule has 10 heteroatoms. The summed E-state index contributed by atoms with van der Waals surface area (Å²) >= 11 is 0. The van der Waals surface area contributed by atoms with Gasteiger partial charge in [-0.05, 0) is 0 Å². The molecule has 0 aliphatic heterocycles. The molecule has 0 atom stereocenters. The smallest absolute Gasteiger partial charge is 0.471 e. The van der Waals surface area contributed by atoms with Gasteiger partial charge in [-0.3, -0.25) is 9.59 Å². The highest BCUT2D eigenvalue weighted by molar-refractivity contribution is 6.00. The van der Waals surface area contributed by atoms with Crippen LogP contribution in [-0.2, 0) is 9.59 Å². The molecule has 1 aromatic rings. The van der Waals surface area contributed by atoms with Crippen molar-refractivity contribution in [1.29, 1.82) is 5.26 Å². The van der Waals surface area contributed by atoms with Crippen LogP contribution in [0.25, 0.3) is 0 Å². The first kappa shape index (κ1) is 18.1. The lowest BCUT2D eigenvalue weighted by Gasteiger charge is -2.18. The minimum absolute atomic E-state index is 0.0124. The van der Waals surface area contributed by atoms with E-state index in [9.17, 15) is 28.0 Å². The van der Waals surface area contributed by atoms with Gasteiger partial charge in [-0.15, -0.1) is 0 Å². The van der Waals surface area contributed by atoms with Gasteiger partial charge < -0.3 is 20.1 Å². The molecule has 0 unspecified atom stereocenters. The molecule has 0 heterocycles. The number of methoxy groups -OCH3 is 2. The summed E-state index contributed by atoms with van der Waals surface area (Å²) in [6.07, 6.45) is -5.15. The summed E-state index contributed by atoms with van der Waals surface area (Å²) in [5, 5.41) is 13.1. The number of anilines is 2. The van der Waals surface area contributed by atoms with Crippen molar-refractivity contribution < 1.29 is 32.2 Å². The number of ether oxygens (including phenoxy) is 2. The Kier molecular flexibility index (Phi) is 5.40. The van der Waals surface area contributed by atoms with Crippen molar-refractivity contribution in [3.05, 3.63) is 11.6 Å². The first-order chi connectivity index (χ1) is 10.6. The molecule has 2 N–H and O–H groups in total. The molecule has 0 aliphatic carbocycles. The van der Waals surface area contributed by atoms with Crippen LogP contribution in [-0.4, -0.2) is 32.2 Å². The van der Waals surface area contributed by atoms with Crippen molar-refractivity contribution in [1.82, 2.24) is 0 Å². The summed E-state index contributed by atoms with van der Waals surface area (Å²) < 4.78 is 47.1. The maximum absolute atomic E-state index is 12.4. The van der Waals surface area contributed by atoms with E-state index in [1.165, 1.54) is 6.92 Å². The van der Waals surface area contributed by atoms with Crippen molar-refractivity contribution in [2.45, 2.75) is 13.1 Å². The minimum Gasteiger partial charge on any atom is -0.494 e. The third kappa shape index (κ3) is 4.03. The number of benzene rings is 1. The van der Waals surface area contributed by atoms with Crippen molar-refractivity contribution in [2.24, 2.45) is 0 Å². The third-order valence-electron chi connectivity index (χ3n) is 2.59. The van der Waals surface area contributed by atoms with E-state index in [0.717, 1.165) is 20.3 Å². The summed E-state index contributed by atoms with van der Waals surface area (Å²) in [4.78, 5) is 22.3. The Bertz CT molecular complexity index is 681. The Morgan fingerprint density at radius 1 is 1.22 bits per heavy atom. The van der Waals surface area contributed by atoms with Crippen LogP contribution in [0.3, 0.4) is 0 Å². The van der Waals surface area contributed by atoms with Crippen molar-refractivity contribution in [2.75, 3.05) is 24.9 Å². The highest BCUT2D eigenvalue weighted by atomic mass is 19.4. The lowest BCUT2D eigenvalue weighted by atomic mass is 10.1. The van der Waals surface area contributed by atoms with E-state index in [2.05, 4.69) is 5.32 Å². The number of hydrogen-bond acceptors (Lipinski definition) is 5. The van der Waals surface area contributed by atoms with Crippen LogP contribution in [0.1, 0.15) is 12.5 Å². The molecule has 0 aliphatic rings. The van der Waals surface area contributed by atoms with E-state index in [4.69, 9.17) is 9.47 Å². The van der Waals surface area contributed by atoms with Crippen LogP contribution >= 0.6 is 0 Å². The standard InChI is InChI=1S/C13H12F3N3O4/c1-6(20)18-8-4-9(22-2)10(7(5-17)11(8)23-3)19-12(21)13(14,15)16/h4H,1-3H3,(H,18,20)(H,19,21). The fourth-order valence-electron chi connectivity index (χ4n) is 1.71. The van der Waals surface area contributed by atoms with E-state index < -0.39 is 29.2 Å². The number of carbonyl (C=O) groups is 2. The average molecular weight is 331 g/mol. The Balaban J connectivity index is 3.54. The number of halogens is 3. The van der Waals surface area contributed by atoms with E-state index in [1.807, 2.05) is 0 Å². The molecule has 0 spiro atoms. The van der Waals surface area contributed by atoms with Crippen LogP contribution in [0, 0.1) is 11.3 Å². The lowest BCUT2D eigenvalue weighted by molar-refractivity contribution is -0.167. The van der Waals surface area contributed by atoms with Gasteiger partial charge in [0, 0.05) is 13.0 Å². The average Bonchev–Trinajstić information content (AvgIpc) is 2.45. The quantitative estimate of drug-likeness (QED) is 0.879. The number of hydrogen-bond donors (Lipinski definition) is 2. The van der Waals surface area contributed by atoms with Gasteiger partial charge in [0.1, 0.15) is 23.1 Å². The summed E-state index contributed by atoms with van der Waals surface area (Å²) in [7, 11) is 2.28. The predicted octanol–water partition coefficient (Wildman–Crippen LogP) is 2.03. The number of amides is 2. The summed E-state index contributed by atoms with van der Waals surface area (Å²) in [5.74, 6) is -3.23. The maximum Gasteiger partial charge on any atom is 0.471 e. The van der Waals surface area contributed by atoms with E-state index in [0.29, 0.717) is 0 Å². The Labute approximate surface area is 129 Å². The fraction of sp³-hybridized carbons (Fsp3) is 0.308. The highest BCUT2D eigenvalue weighted by Gasteiger charge is 2.40. The second-order valence-electron chi connectivity index (χ2n) is 4.15. The fourth-order valence-corrected chi connectivity index (χ4v) is 1.71. The second-order valence-corrected chi connectivity index (χ2v) is 4.15. The summed E-state index contributed by atoms with van der Waals surface area (Å²) in [5.41, 5.74) is -0.921. The summed E-state index contributed by atoms with van der Waals surface area (Å²) in [6.45, 7) is 1.19.